The van der Waals surface area contributed by atoms with Crippen molar-refractivity contribution in [3.05, 3.63) is 59.9 Å². The summed E-state index contributed by atoms with van der Waals surface area (Å²) >= 11 is 0. The second kappa shape index (κ2) is 9.37. The maximum atomic E-state index is 13.2. The monoisotopic (exact) mass is 372 g/mol. The maximum absolute atomic E-state index is 13.2. The minimum absolute atomic E-state index is 0.0109. The van der Waals surface area contributed by atoms with Crippen LogP contribution in [0.25, 0.3) is 0 Å². The van der Waals surface area contributed by atoms with Gasteiger partial charge in [-0.1, -0.05) is 24.3 Å². The topological polar surface area (TPSA) is 50.8 Å². The molecule has 0 radical (unpaired) electrons. The number of hydrogen-bond donors (Lipinski definition) is 1. The van der Waals surface area contributed by atoms with Crippen LogP contribution in [0.1, 0.15) is 18.4 Å². The standard InChI is InChI=1S/C21H25FN2O3/c1-26-12-4-11-23-21(25)13-18-15-27-20-6-3-2-5-19(20)24(18)14-16-7-9-17(22)10-8-16/h2-3,5-10,18H,4,11-15H2,1H3,(H,23,25). The third kappa shape index (κ3) is 5.20. The zero-order chi connectivity index (χ0) is 19.1. The van der Waals surface area contributed by atoms with Gasteiger partial charge in [0, 0.05) is 26.8 Å². The number of nitrogens with one attached hydrogen (secondary N) is 1. The molecular formula is C21H25FN2O3. The van der Waals surface area contributed by atoms with Gasteiger partial charge in [-0.3, -0.25) is 4.79 Å². The Balaban J connectivity index is 1.71. The number of fused-ring (bicyclic) bond motifs is 1. The van der Waals surface area contributed by atoms with E-state index in [1.165, 1.54) is 12.1 Å². The van der Waals surface area contributed by atoms with Crippen LogP contribution in [0.2, 0.25) is 0 Å². The molecule has 0 spiro atoms. The molecule has 27 heavy (non-hydrogen) atoms. The molecule has 6 heteroatoms. The van der Waals surface area contributed by atoms with Crippen LogP contribution in [0.3, 0.4) is 0 Å². The average Bonchev–Trinajstić information content (AvgIpc) is 2.68. The smallest absolute Gasteiger partial charge is 0.222 e. The van der Waals surface area contributed by atoms with Gasteiger partial charge in [0.15, 0.2) is 0 Å². The number of amides is 1. The summed E-state index contributed by atoms with van der Waals surface area (Å²) in [7, 11) is 1.64. The molecule has 0 aromatic heterocycles. The number of para-hydroxylation sites is 2. The zero-order valence-electron chi connectivity index (χ0n) is 15.5. The third-order valence-electron chi connectivity index (χ3n) is 4.58. The van der Waals surface area contributed by atoms with Crippen molar-refractivity contribution in [3.63, 3.8) is 0 Å². The Labute approximate surface area is 159 Å². The number of benzene rings is 2. The van der Waals surface area contributed by atoms with E-state index in [2.05, 4.69) is 10.2 Å². The van der Waals surface area contributed by atoms with Crippen molar-refractivity contribution in [2.24, 2.45) is 0 Å². The molecule has 1 amide bonds. The molecule has 1 N–H and O–H groups in total. The van der Waals surface area contributed by atoms with Gasteiger partial charge in [0.2, 0.25) is 5.91 Å². The number of halogens is 1. The molecule has 0 saturated carbocycles. The number of methoxy groups -OCH3 is 1. The van der Waals surface area contributed by atoms with Crippen molar-refractivity contribution < 1.29 is 18.7 Å². The molecule has 1 aliphatic rings. The first-order valence-corrected chi connectivity index (χ1v) is 9.16. The lowest BCUT2D eigenvalue weighted by Crippen LogP contribution is -2.45. The van der Waals surface area contributed by atoms with Crippen LogP contribution in [0.15, 0.2) is 48.5 Å². The average molecular weight is 372 g/mol. The number of hydrogen-bond acceptors (Lipinski definition) is 4. The lowest BCUT2D eigenvalue weighted by molar-refractivity contribution is -0.121. The van der Waals surface area contributed by atoms with Crippen LogP contribution in [0.5, 0.6) is 5.75 Å². The molecule has 0 bridgehead atoms. The van der Waals surface area contributed by atoms with E-state index in [1.807, 2.05) is 24.3 Å². The highest BCUT2D eigenvalue weighted by Gasteiger charge is 2.29. The van der Waals surface area contributed by atoms with E-state index in [0.717, 1.165) is 23.4 Å². The summed E-state index contributed by atoms with van der Waals surface area (Å²) in [6.07, 6.45) is 1.12. The quantitative estimate of drug-likeness (QED) is 0.724. The molecule has 3 rings (SSSR count). The molecule has 0 aliphatic carbocycles. The first-order chi connectivity index (χ1) is 13.2. The second-order valence-corrected chi connectivity index (χ2v) is 6.59. The van der Waals surface area contributed by atoms with Crippen LogP contribution >= 0.6 is 0 Å². The fraction of sp³-hybridized carbons (Fsp3) is 0.381. The van der Waals surface area contributed by atoms with Crippen molar-refractivity contribution in [3.8, 4) is 5.75 Å². The number of ether oxygens (including phenoxy) is 2. The summed E-state index contributed by atoms with van der Waals surface area (Å²) in [5.41, 5.74) is 1.93. The lowest BCUT2D eigenvalue weighted by atomic mass is 10.1. The fourth-order valence-electron chi connectivity index (χ4n) is 3.19. The summed E-state index contributed by atoms with van der Waals surface area (Å²) in [5, 5.41) is 2.93. The molecular weight excluding hydrogens is 347 g/mol. The van der Waals surface area contributed by atoms with Crippen molar-refractivity contribution in [1.82, 2.24) is 5.32 Å². The van der Waals surface area contributed by atoms with Gasteiger partial charge in [-0.25, -0.2) is 4.39 Å². The van der Waals surface area contributed by atoms with Crippen LogP contribution in [0.4, 0.5) is 10.1 Å². The molecule has 1 atom stereocenters. The second-order valence-electron chi connectivity index (χ2n) is 6.59. The van der Waals surface area contributed by atoms with E-state index < -0.39 is 0 Å². The molecule has 1 unspecified atom stereocenters. The van der Waals surface area contributed by atoms with E-state index in [1.54, 1.807) is 19.2 Å². The Bertz CT molecular complexity index is 751. The van der Waals surface area contributed by atoms with Gasteiger partial charge in [-0.15, -0.1) is 0 Å². The Morgan fingerprint density at radius 2 is 2.04 bits per heavy atom. The van der Waals surface area contributed by atoms with E-state index in [-0.39, 0.29) is 17.8 Å². The SMILES string of the molecule is COCCCNC(=O)CC1COc2ccccc2N1Cc1ccc(F)cc1. The van der Waals surface area contributed by atoms with Gasteiger partial charge >= 0.3 is 0 Å². The Hall–Kier alpha value is -2.60. The Morgan fingerprint density at radius 3 is 2.81 bits per heavy atom. The van der Waals surface area contributed by atoms with E-state index in [0.29, 0.717) is 32.7 Å². The van der Waals surface area contributed by atoms with E-state index in [9.17, 15) is 9.18 Å². The highest BCUT2D eigenvalue weighted by atomic mass is 19.1. The number of carbonyl (C=O) groups is 1. The summed E-state index contributed by atoms with van der Waals surface area (Å²) < 4.78 is 24.1. The minimum Gasteiger partial charge on any atom is -0.489 e. The molecule has 2 aromatic rings. The van der Waals surface area contributed by atoms with Gasteiger partial charge in [-0.05, 0) is 36.2 Å². The molecule has 0 saturated heterocycles. The predicted molar refractivity (Wildman–Crippen MR) is 102 cm³/mol. The van der Waals surface area contributed by atoms with Crippen molar-refractivity contribution >= 4 is 11.6 Å². The van der Waals surface area contributed by atoms with E-state index in [4.69, 9.17) is 9.47 Å². The summed E-state index contributed by atoms with van der Waals surface area (Å²) in [5.74, 6) is 0.535. The number of carbonyl (C=O) groups excluding carboxylic acids is 1. The van der Waals surface area contributed by atoms with Gasteiger partial charge in [0.05, 0.1) is 18.2 Å². The number of rotatable bonds is 8. The number of nitrogens with zero attached hydrogens (tertiary/aromatic N) is 1. The van der Waals surface area contributed by atoms with Crippen molar-refractivity contribution in [2.75, 3.05) is 31.8 Å². The fourth-order valence-corrected chi connectivity index (χ4v) is 3.19. The Morgan fingerprint density at radius 1 is 1.26 bits per heavy atom. The van der Waals surface area contributed by atoms with Crippen LogP contribution < -0.4 is 15.0 Å². The molecule has 2 aromatic carbocycles. The van der Waals surface area contributed by atoms with Crippen LogP contribution in [-0.4, -0.2) is 38.8 Å². The Kier molecular flexibility index (Phi) is 6.65. The predicted octanol–water partition coefficient (Wildman–Crippen LogP) is 3.14. The first kappa shape index (κ1) is 19.2. The van der Waals surface area contributed by atoms with Gasteiger partial charge in [-0.2, -0.15) is 0 Å². The number of anilines is 1. The molecule has 144 valence electrons. The van der Waals surface area contributed by atoms with Crippen molar-refractivity contribution in [1.29, 1.82) is 0 Å². The van der Waals surface area contributed by atoms with Crippen molar-refractivity contribution in [2.45, 2.75) is 25.4 Å². The summed E-state index contributed by atoms with van der Waals surface area (Å²) in [6.45, 7) is 2.23. The van der Waals surface area contributed by atoms with Crippen LogP contribution in [0, 0.1) is 5.82 Å². The highest BCUT2D eigenvalue weighted by molar-refractivity contribution is 5.77. The summed E-state index contributed by atoms with van der Waals surface area (Å²) in [4.78, 5) is 14.5. The highest BCUT2D eigenvalue weighted by Crippen LogP contribution is 2.35. The first-order valence-electron chi connectivity index (χ1n) is 9.16. The zero-order valence-corrected chi connectivity index (χ0v) is 15.5. The molecule has 1 aliphatic heterocycles. The minimum atomic E-state index is -0.256. The molecule has 5 nitrogen and oxygen atoms in total. The van der Waals surface area contributed by atoms with E-state index >= 15 is 0 Å². The molecule has 1 heterocycles. The lowest BCUT2D eigenvalue weighted by Gasteiger charge is -2.38. The van der Waals surface area contributed by atoms with Gasteiger partial charge in [0.1, 0.15) is 18.2 Å². The maximum Gasteiger partial charge on any atom is 0.222 e. The molecule has 0 fully saturated rings. The third-order valence-corrected chi connectivity index (χ3v) is 4.58. The van der Waals surface area contributed by atoms with Crippen LogP contribution in [-0.2, 0) is 16.1 Å². The normalized spacial score (nSPS) is 15.8. The largest absolute Gasteiger partial charge is 0.489 e. The summed E-state index contributed by atoms with van der Waals surface area (Å²) in [6, 6.07) is 14.2. The van der Waals surface area contributed by atoms with Gasteiger partial charge < -0.3 is 19.7 Å². The van der Waals surface area contributed by atoms with Gasteiger partial charge in [0.25, 0.3) is 0 Å².